The van der Waals surface area contributed by atoms with Crippen molar-refractivity contribution in [1.29, 1.82) is 0 Å². The van der Waals surface area contributed by atoms with Crippen molar-refractivity contribution >= 4 is 33.2 Å². The molecule has 2 aromatic carbocycles. The number of piperidine rings is 1. The van der Waals surface area contributed by atoms with Gasteiger partial charge in [0.25, 0.3) is 0 Å². The van der Waals surface area contributed by atoms with E-state index in [4.69, 9.17) is 11.6 Å². The fourth-order valence-corrected chi connectivity index (χ4v) is 5.00. The Balaban J connectivity index is 1.62. The van der Waals surface area contributed by atoms with E-state index in [9.17, 15) is 13.2 Å². The number of anilines is 1. The van der Waals surface area contributed by atoms with Crippen molar-refractivity contribution in [3.8, 4) is 0 Å². The van der Waals surface area contributed by atoms with Gasteiger partial charge in [-0.15, -0.1) is 0 Å². The van der Waals surface area contributed by atoms with Crippen molar-refractivity contribution in [2.45, 2.75) is 24.7 Å². The summed E-state index contributed by atoms with van der Waals surface area (Å²) in [5.74, 6) is -0.266. The third kappa shape index (κ3) is 4.09. The Morgan fingerprint density at radius 2 is 1.69 bits per heavy atom. The van der Waals surface area contributed by atoms with Crippen LogP contribution in [0.15, 0.2) is 53.4 Å². The zero-order chi connectivity index (χ0) is 18.7. The van der Waals surface area contributed by atoms with E-state index in [1.165, 1.54) is 10.4 Å². The minimum atomic E-state index is -3.64. The second-order valence-corrected chi connectivity index (χ2v) is 8.78. The number of nitrogens with zero attached hydrogens (tertiary/aromatic N) is 1. The van der Waals surface area contributed by atoms with Gasteiger partial charge in [-0.25, -0.2) is 8.42 Å². The van der Waals surface area contributed by atoms with Crippen molar-refractivity contribution in [2.24, 2.45) is 5.92 Å². The van der Waals surface area contributed by atoms with Crippen LogP contribution >= 0.6 is 11.6 Å². The zero-order valence-corrected chi connectivity index (χ0v) is 16.1. The van der Waals surface area contributed by atoms with Gasteiger partial charge < -0.3 is 5.32 Å². The van der Waals surface area contributed by atoms with Crippen molar-refractivity contribution in [3.63, 3.8) is 0 Å². The topological polar surface area (TPSA) is 66.5 Å². The van der Waals surface area contributed by atoms with Crippen LogP contribution in [0.2, 0.25) is 5.02 Å². The first-order valence-electron chi connectivity index (χ1n) is 8.50. The maximum atomic E-state index is 12.7. The summed E-state index contributed by atoms with van der Waals surface area (Å²) < 4.78 is 26.9. The lowest BCUT2D eigenvalue weighted by molar-refractivity contribution is -0.120. The smallest absolute Gasteiger partial charge is 0.244 e. The maximum Gasteiger partial charge on any atom is 0.244 e. The summed E-state index contributed by atoms with van der Waals surface area (Å²) in [5, 5.41) is 3.12. The van der Waals surface area contributed by atoms with Crippen LogP contribution < -0.4 is 5.32 Å². The minimum Gasteiger partial charge on any atom is -0.326 e. The molecule has 1 aliphatic heterocycles. The molecule has 1 fully saturated rings. The highest BCUT2D eigenvalue weighted by Gasteiger charge is 2.33. The lowest BCUT2D eigenvalue weighted by Crippen LogP contribution is -2.41. The average molecular weight is 393 g/mol. The van der Waals surface area contributed by atoms with E-state index in [1.54, 1.807) is 18.2 Å². The lowest BCUT2D eigenvalue weighted by Gasteiger charge is -2.30. The molecule has 0 saturated carbocycles. The number of hydrogen-bond acceptors (Lipinski definition) is 3. The first-order chi connectivity index (χ1) is 12.4. The molecular formula is C19H21ClN2O3S. The van der Waals surface area contributed by atoms with E-state index in [0.717, 1.165) is 11.3 Å². The van der Waals surface area contributed by atoms with Gasteiger partial charge in [-0.2, -0.15) is 4.31 Å². The van der Waals surface area contributed by atoms with E-state index in [0.29, 0.717) is 25.9 Å². The molecule has 0 spiro atoms. The summed E-state index contributed by atoms with van der Waals surface area (Å²) in [6.45, 7) is 2.60. The SMILES string of the molecule is Cc1ccc(NC(=O)C2CCN(S(=O)(=O)c3ccccc3Cl)CC2)cc1. The van der Waals surface area contributed by atoms with Gasteiger partial charge in [-0.1, -0.05) is 41.4 Å². The monoisotopic (exact) mass is 392 g/mol. The van der Waals surface area contributed by atoms with E-state index < -0.39 is 10.0 Å². The Morgan fingerprint density at radius 3 is 2.31 bits per heavy atom. The molecule has 3 rings (SSSR count). The minimum absolute atomic E-state index is 0.0661. The third-order valence-electron chi connectivity index (χ3n) is 4.60. The molecule has 2 aromatic rings. The molecule has 1 amide bonds. The molecule has 0 aromatic heterocycles. The van der Waals surface area contributed by atoms with Crippen molar-refractivity contribution in [3.05, 3.63) is 59.1 Å². The quantitative estimate of drug-likeness (QED) is 0.862. The predicted molar refractivity (Wildman–Crippen MR) is 103 cm³/mol. The Morgan fingerprint density at radius 1 is 1.08 bits per heavy atom. The zero-order valence-electron chi connectivity index (χ0n) is 14.5. The van der Waals surface area contributed by atoms with Crippen LogP contribution in [0.3, 0.4) is 0 Å². The number of benzene rings is 2. The van der Waals surface area contributed by atoms with E-state index >= 15 is 0 Å². The van der Waals surface area contributed by atoms with Crippen molar-refractivity contribution < 1.29 is 13.2 Å². The number of carbonyl (C=O) groups is 1. The van der Waals surface area contributed by atoms with Crippen molar-refractivity contribution in [2.75, 3.05) is 18.4 Å². The maximum absolute atomic E-state index is 12.7. The average Bonchev–Trinajstić information content (AvgIpc) is 2.64. The number of nitrogens with one attached hydrogen (secondary N) is 1. The molecule has 0 unspecified atom stereocenters. The highest BCUT2D eigenvalue weighted by Crippen LogP contribution is 2.28. The molecule has 1 saturated heterocycles. The number of rotatable bonds is 4. The molecule has 5 nitrogen and oxygen atoms in total. The van der Waals surface area contributed by atoms with Gasteiger partial charge >= 0.3 is 0 Å². The molecule has 7 heteroatoms. The van der Waals surface area contributed by atoms with Gasteiger partial charge in [0.05, 0.1) is 5.02 Å². The van der Waals surface area contributed by atoms with Gasteiger partial charge in [-0.3, -0.25) is 4.79 Å². The van der Waals surface area contributed by atoms with Crippen molar-refractivity contribution in [1.82, 2.24) is 4.31 Å². The third-order valence-corrected chi connectivity index (χ3v) is 7.00. The second-order valence-electron chi connectivity index (χ2n) is 6.46. The van der Waals surface area contributed by atoms with Crippen LogP contribution in [-0.2, 0) is 14.8 Å². The largest absolute Gasteiger partial charge is 0.326 e. The number of halogens is 1. The Bertz CT molecular complexity index is 889. The molecule has 0 bridgehead atoms. The molecule has 138 valence electrons. The molecule has 0 radical (unpaired) electrons. The summed E-state index contributed by atoms with van der Waals surface area (Å²) in [7, 11) is -3.64. The van der Waals surface area contributed by atoms with Gasteiger partial charge in [0.15, 0.2) is 0 Å². The molecule has 1 N–H and O–H groups in total. The summed E-state index contributed by atoms with van der Waals surface area (Å²) in [4.78, 5) is 12.5. The first-order valence-corrected chi connectivity index (χ1v) is 10.3. The fourth-order valence-electron chi connectivity index (χ4n) is 3.03. The molecule has 0 aliphatic carbocycles. The molecule has 1 aliphatic rings. The number of hydrogen-bond donors (Lipinski definition) is 1. The van der Waals surface area contributed by atoms with Crippen LogP contribution in [0.4, 0.5) is 5.69 Å². The van der Waals surface area contributed by atoms with Crippen LogP contribution in [0, 0.1) is 12.8 Å². The van der Waals surface area contributed by atoms with Crippen LogP contribution in [0.25, 0.3) is 0 Å². The van der Waals surface area contributed by atoms with Gasteiger partial charge in [0.2, 0.25) is 15.9 Å². The number of carbonyl (C=O) groups excluding carboxylic acids is 1. The predicted octanol–water partition coefficient (Wildman–Crippen LogP) is 3.69. The highest BCUT2D eigenvalue weighted by molar-refractivity contribution is 7.89. The molecule has 0 atom stereocenters. The standard InChI is InChI=1S/C19H21ClN2O3S/c1-14-6-8-16(9-7-14)21-19(23)15-10-12-22(13-11-15)26(24,25)18-5-3-2-4-17(18)20/h2-9,15H,10-13H2,1H3,(H,21,23). The van der Waals surface area contributed by atoms with E-state index in [1.807, 2.05) is 31.2 Å². The van der Waals surface area contributed by atoms with Crippen LogP contribution in [0.1, 0.15) is 18.4 Å². The molecular weight excluding hydrogens is 372 g/mol. The summed E-state index contributed by atoms with van der Waals surface area (Å²) in [6.07, 6.45) is 0.975. The number of sulfonamides is 1. The fraction of sp³-hybridized carbons (Fsp3) is 0.316. The second kappa shape index (κ2) is 7.78. The van der Waals surface area contributed by atoms with Gasteiger partial charge in [0.1, 0.15) is 4.90 Å². The van der Waals surface area contributed by atoms with Gasteiger partial charge in [-0.05, 0) is 44.0 Å². The highest BCUT2D eigenvalue weighted by atomic mass is 35.5. The molecule has 26 heavy (non-hydrogen) atoms. The summed E-state index contributed by atoms with van der Waals surface area (Å²) >= 11 is 6.04. The molecule has 1 heterocycles. The van der Waals surface area contributed by atoms with E-state index in [-0.39, 0.29) is 21.7 Å². The number of amides is 1. The normalized spacial score (nSPS) is 16.4. The van der Waals surface area contributed by atoms with Crippen LogP contribution in [0.5, 0.6) is 0 Å². The van der Waals surface area contributed by atoms with Gasteiger partial charge in [0, 0.05) is 24.7 Å². The van der Waals surface area contributed by atoms with Crippen LogP contribution in [-0.4, -0.2) is 31.7 Å². The first kappa shape index (κ1) is 18.9. The van der Waals surface area contributed by atoms with E-state index in [2.05, 4.69) is 5.32 Å². The number of aryl methyl sites for hydroxylation is 1. The Kier molecular flexibility index (Phi) is 5.65. The summed E-state index contributed by atoms with van der Waals surface area (Å²) in [6, 6.07) is 14.0. The summed E-state index contributed by atoms with van der Waals surface area (Å²) in [5.41, 5.74) is 1.88. The lowest BCUT2D eigenvalue weighted by atomic mass is 9.97. The Hall–Kier alpha value is -1.89. The Labute approximate surface area is 159 Å².